The van der Waals surface area contributed by atoms with Crippen molar-refractivity contribution in [2.24, 2.45) is 0 Å². The van der Waals surface area contributed by atoms with Crippen LogP contribution in [0.15, 0.2) is 78.9 Å². The Morgan fingerprint density at radius 2 is 1.70 bits per heavy atom. The summed E-state index contributed by atoms with van der Waals surface area (Å²) in [7, 11) is 0. The molecule has 0 fully saturated rings. The maximum absolute atomic E-state index is 13.2. The molecule has 0 unspecified atom stereocenters. The second-order valence-electron chi connectivity index (χ2n) is 7.92. The number of fused-ring (bicyclic) bond motifs is 3. The Hall–Kier alpha value is -3.94. The van der Waals surface area contributed by atoms with Gasteiger partial charge in [0.2, 0.25) is 0 Å². The van der Waals surface area contributed by atoms with E-state index in [2.05, 4.69) is 34.7 Å². The lowest BCUT2D eigenvalue weighted by molar-refractivity contribution is -0.137. The molecule has 2 heterocycles. The minimum absolute atomic E-state index is 0.231. The van der Waals surface area contributed by atoms with Crippen LogP contribution < -0.4 is 5.32 Å². The average Bonchev–Trinajstić information content (AvgIpc) is 3.26. The van der Waals surface area contributed by atoms with E-state index >= 15 is 0 Å². The molecule has 0 aliphatic rings. The summed E-state index contributed by atoms with van der Waals surface area (Å²) in [6, 6.07) is 22.8. The van der Waals surface area contributed by atoms with Crippen LogP contribution in [-0.2, 0) is 6.18 Å². The Bertz CT molecular complexity index is 1430. The third-order valence-corrected chi connectivity index (χ3v) is 5.66. The molecular weight excluding hydrogens is 427 g/mol. The van der Waals surface area contributed by atoms with Crippen LogP contribution in [0.1, 0.15) is 24.0 Å². The molecule has 3 aromatic carbocycles. The highest BCUT2D eigenvalue weighted by atomic mass is 19.4. The highest BCUT2D eigenvalue weighted by Gasteiger charge is 2.31. The highest BCUT2D eigenvalue weighted by molar-refractivity contribution is 5.93. The zero-order valence-electron chi connectivity index (χ0n) is 17.7. The van der Waals surface area contributed by atoms with Crippen molar-refractivity contribution in [2.75, 3.05) is 11.9 Å². The molecule has 0 aliphatic carbocycles. The minimum Gasteiger partial charge on any atom is -0.369 e. The first-order valence-corrected chi connectivity index (χ1v) is 10.5. The fourth-order valence-corrected chi connectivity index (χ4v) is 3.88. The van der Waals surface area contributed by atoms with Crippen molar-refractivity contribution < 1.29 is 13.2 Å². The van der Waals surface area contributed by atoms with Gasteiger partial charge in [0.25, 0.3) is 0 Å². The van der Waals surface area contributed by atoms with E-state index in [1.807, 2.05) is 42.5 Å². The molecule has 33 heavy (non-hydrogen) atoms. The van der Waals surface area contributed by atoms with Gasteiger partial charge in [0.15, 0.2) is 5.65 Å². The van der Waals surface area contributed by atoms with Crippen molar-refractivity contribution in [2.45, 2.75) is 19.0 Å². The number of alkyl halides is 3. The number of nitrogens with zero attached hydrogens (tertiary/aromatic N) is 4. The number of rotatable bonds is 5. The van der Waals surface area contributed by atoms with Crippen LogP contribution in [0, 0.1) is 0 Å². The van der Waals surface area contributed by atoms with Gasteiger partial charge in [-0.3, -0.25) is 0 Å². The van der Waals surface area contributed by atoms with E-state index < -0.39 is 11.7 Å². The lowest BCUT2D eigenvalue weighted by Gasteiger charge is -2.15. The van der Waals surface area contributed by atoms with Crippen molar-refractivity contribution >= 4 is 22.4 Å². The molecular formula is C25H20F3N5. The summed E-state index contributed by atoms with van der Waals surface area (Å²) >= 11 is 0. The fraction of sp³-hybridized carbons (Fsp3) is 0.160. The minimum atomic E-state index is -4.45. The number of halogens is 3. The maximum Gasteiger partial charge on any atom is 0.416 e. The Morgan fingerprint density at radius 3 is 2.48 bits per heavy atom. The molecule has 8 heteroatoms. The van der Waals surface area contributed by atoms with E-state index in [0.29, 0.717) is 29.3 Å². The van der Waals surface area contributed by atoms with Gasteiger partial charge >= 0.3 is 6.18 Å². The van der Waals surface area contributed by atoms with Crippen molar-refractivity contribution in [1.82, 2.24) is 19.8 Å². The molecule has 0 amide bonds. The molecule has 0 aliphatic heterocycles. The van der Waals surface area contributed by atoms with Gasteiger partial charge in [-0.05, 0) is 35.7 Å². The van der Waals surface area contributed by atoms with Gasteiger partial charge in [-0.1, -0.05) is 66.7 Å². The lowest BCUT2D eigenvalue weighted by Crippen LogP contribution is -2.12. The maximum atomic E-state index is 13.2. The quantitative estimate of drug-likeness (QED) is 0.350. The Balaban J connectivity index is 1.59. The first-order chi connectivity index (χ1) is 15.9. The first kappa shape index (κ1) is 20.9. The molecule has 0 saturated heterocycles. The molecule has 5 rings (SSSR count). The summed E-state index contributed by atoms with van der Waals surface area (Å²) < 4.78 is 41.3. The molecule has 0 bridgehead atoms. The molecule has 5 nitrogen and oxygen atoms in total. The molecule has 0 saturated carbocycles. The number of hydrogen-bond acceptors (Lipinski definition) is 4. The zero-order valence-corrected chi connectivity index (χ0v) is 17.7. The van der Waals surface area contributed by atoms with Gasteiger partial charge in [-0.15, -0.1) is 5.10 Å². The molecule has 1 N–H and O–H groups in total. The van der Waals surface area contributed by atoms with E-state index in [9.17, 15) is 13.2 Å². The number of aromatic nitrogens is 4. The number of anilines is 1. The van der Waals surface area contributed by atoms with Crippen LogP contribution in [0.4, 0.5) is 19.0 Å². The second-order valence-corrected chi connectivity index (χ2v) is 7.92. The van der Waals surface area contributed by atoms with E-state index in [-0.39, 0.29) is 5.92 Å². The SMILES string of the molecule is C[C@H](CNc1nc2c(-c3cccc(C(F)(F)F)c3)nnn2c2ccccc12)c1ccccc1. The molecule has 2 aromatic heterocycles. The predicted molar refractivity (Wildman–Crippen MR) is 122 cm³/mol. The Kier molecular flexibility index (Phi) is 5.20. The van der Waals surface area contributed by atoms with Crippen LogP contribution in [0.5, 0.6) is 0 Å². The zero-order chi connectivity index (χ0) is 23.0. The third kappa shape index (κ3) is 4.00. The standard InChI is InChI=1S/C25H20F3N5/c1-16(17-8-3-2-4-9-17)15-29-23-20-12-5-6-13-21(20)33-24(30-23)22(31-32-33)18-10-7-11-19(14-18)25(26,27)28/h2-14,16H,15H2,1H3,(H,29,30)/t16-/m1/s1. The van der Waals surface area contributed by atoms with Crippen LogP contribution in [0.2, 0.25) is 0 Å². The van der Waals surface area contributed by atoms with Gasteiger partial charge in [-0.2, -0.15) is 17.7 Å². The van der Waals surface area contributed by atoms with Crippen LogP contribution >= 0.6 is 0 Å². The summed E-state index contributed by atoms with van der Waals surface area (Å²) in [5, 5.41) is 12.6. The third-order valence-electron chi connectivity index (χ3n) is 5.66. The summed E-state index contributed by atoms with van der Waals surface area (Å²) in [6.07, 6.45) is -4.45. The summed E-state index contributed by atoms with van der Waals surface area (Å²) in [5.74, 6) is 0.866. The Morgan fingerprint density at radius 1 is 0.939 bits per heavy atom. The second kappa shape index (κ2) is 8.20. The molecule has 1 atom stereocenters. The van der Waals surface area contributed by atoms with Crippen LogP contribution in [-0.4, -0.2) is 26.4 Å². The summed E-state index contributed by atoms with van der Waals surface area (Å²) in [6.45, 7) is 2.76. The average molecular weight is 447 g/mol. The van der Waals surface area contributed by atoms with Crippen molar-refractivity contribution in [3.05, 3.63) is 90.0 Å². The van der Waals surface area contributed by atoms with Gasteiger partial charge in [0.1, 0.15) is 11.5 Å². The number of para-hydroxylation sites is 1. The fourth-order valence-electron chi connectivity index (χ4n) is 3.88. The van der Waals surface area contributed by atoms with Crippen molar-refractivity contribution in [3.63, 3.8) is 0 Å². The number of hydrogen-bond donors (Lipinski definition) is 1. The molecule has 0 spiro atoms. The topological polar surface area (TPSA) is 55.1 Å². The summed E-state index contributed by atoms with van der Waals surface area (Å²) in [4.78, 5) is 4.74. The molecule has 5 aromatic rings. The Labute approximate surface area is 187 Å². The number of benzene rings is 3. The van der Waals surface area contributed by atoms with Crippen molar-refractivity contribution in [3.8, 4) is 11.3 Å². The first-order valence-electron chi connectivity index (χ1n) is 10.5. The monoisotopic (exact) mass is 447 g/mol. The van der Waals surface area contributed by atoms with Gasteiger partial charge in [0, 0.05) is 17.5 Å². The van der Waals surface area contributed by atoms with E-state index in [1.54, 1.807) is 10.6 Å². The van der Waals surface area contributed by atoms with Gasteiger partial charge in [-0.25, -0.2) is 4.98 Å². The van der Waals surface area contributed by atoms with Crippen molar-refractivity contribution in [1.29, 1.82) is 0 Å². The van der Waals surface area contributed by atoms with Gasteiger partial charge in [0.05, 0.1) is 11.1 Å². The van der Waals surface area contributed by atoms with E-state index in [1.165, 1.54) is 11.6 Å². The largest absolute Gasteiger partial charge is 0.416 e. The lowest BCUT2D eigenvalue weighted by atomic mass is 10.0. The molecule has 166 valence electrons. The molecule has 0 radical (unpaired) electrons. The highest BCUT2D eigenvalue weighted by Crippen LogP contribution is 2.33. The normalized spacial score (nSPS) is 12.8. The van der Waals surface area contributed by atoms with Crippen LogP contribution in [0.25, 0.3) is 27.8 Å². The number of nitrogens with one attached hydrogen (secondary N) is 1. The predicted octanol–water partition coefficient (Wildman–Crippen LogP) is 6.18. The van der Waals surface area contributed by atoms with E-state index in [4.69, 9.17) is 4.98 Å². The summed E-state index contributed by atoms with van der Waals surface area (Å²) in [5.41, 5.74) is 2.23. The van der Waals surface area contributed by atoms with Gasteiger partial charge < -0.3 is 5.32 Å². The van der Waals surface area contributed by atoms with E-state index in [0.717, 1.165) is 23.0 Å². The smallest absolute Gasteiger partial charge is 0.369 e. The van der Waals surface area contributed by atoms with Crippen LogP contribution in [0.3, 0.4) is 0 Å².